The second-order valence-electron chi connectivity index (χ2n) is 3.95. The van der Waals surface area contributed by atoms with Crippen molar-refractivity contribution in [3.8, 4) is 0 Å². The molecule has 0 radical (unpaired) electrons. The first-order valence-corrected chi connectivity index (χ1v) is 5.90. The van der Waals surface area contributed by atoms with Crippen molar-refractivity contribution < 1.29 is 4.42 Å². The van der Waals surface area contributed by atoms with Gasteiger partial charge in [0.1, 0.15) is 5.76 Å². The lowest BCUT2D eigenvalue weighted by atomic mass is 10.3. The van der Waals surface area contributed by atoms with Gasteiger partial charge in [0, 0.05) is 38.3 Å². The SMILES string of the molecule is CCc1cnc(CNCCc2ccnn2C)o1. The van der Waals surface area contributed by atoms with Gasteiger partial charge in [0.25, 0.3) is 0 Å². The zero-order chi connectivity index (χ0) is 12.1. The Labute approximate surface area is 101 Å². The van der Waals surface area contributed by atoms with Gasteiger partial charge in [-0.25, -0.2) is 4.98 Å². The molecule has 2 aromatic rings. The van der Waals surface area contributed by atoms with E-state index in [9.17, 15) is 0 Å². The van der Waals surface area contributed by atoms with Gasteiger partial charge < -0.3 is 9.73 Å². The monoisotopic (exact) mass is 234 g/mol. The van der Waals surface area contributed by atoms with Crippen LogP contribution in [0.5, 0.6) is 0 Å². The molecule has 0 saturated carbocycles. The molecule has 17 heavy (non-hydrogen) atoms. The van der Waals surface area contributed by atoms with Crippen molar-refractivity contribution in [2.45, 2.75) is 26.3 Å². The van der Waals surface area contributed by atoms with Gasteiger partial charge in [0.15, 0.2) is 0 Å². The van der Waals surface area contributed by atoms with Crippen LogP contribution in [0.3, 0.4) is 0 Å². The number of oxazole rings is 1. The van der Waals surface area contributed by atoms with Gasteiger partial charge in [-0.15, -0.1) is 0 Å². The maximum Gasteiger partial charge on any atom is 0.208 e. The topological polar surface area (TPSA) is 55.9 Å². The van der Waals surface area contributed by atoms with E-state index in [4.69, 9.17) is 4.42 Å². The van der Waals surface area contributed by atoms with E-state index < -0.39 is 0 Å². The van der Waals surface area contributed by atoms with Gasteiger partial charge in [-0.2, -0.15) is 5.10 Å². The lowest BCUT2D eigenvalue weighted by Crippen LogP contribution is -2.18. The molecular weight excluding hydrogens is 216 g/mol. The molecule has 0 aromatic carbocycles. The molecular formula is C12H18N4O. The Bertz CT molecular complexity index is 461. The Morgan fingerprint density at radius 2 is 2.35 bits per heavy atom. The predicted molar refractivity (Wildman–Crippen MR) is 64.5 cm³/mol. The molecule has 2 heterocycles. The fourth-order valence-corrected chi connectivity index (χ4v) is 1.65. The van der Waals surface area contributed by atoms with Gasteiger partial charge in [-0.05, 0) is 6.07 Å². The summed E-state index contributed by atoms with van der Waals surface area (Å²) in [6, 6.07) is 2.03. The van der Waals surface area contributed by atoms with Crippen LogP contribution in [0, 0.1) is 0 Å². The minimum absolute atomic E-state index is 0.678. The van der Waals surface area contributed by atoms with Gasteiger partial charge in [-0.1, -0.05) is 6.92 Å². The molecule has 0 atom stereocenters. The summed E-state index contributed by atoms with van der Waals surface area (Å²) in [5.41, 5.74) is 1.22. The third-order valence-corrected chi connectivity index (χ3v) is 2.71. The minimum atomic E-state index is 0.678. The zero-order valence-corrected chi connectivity index (χ0v) is 10.3. The average Bonchev–Trinajstić information content (AvgIpc) is 2.94. The lowest BCUT2D eigenvalue weighted by Gasteiger charge is -2.02. The molecule has 0 aliphatic rings. The van der Waals surface area contributed by atoms with Crippen LogP contribution in [-0.4, -0.2) is 21.3 Å². The summed E-state index contributed by atoms with van der Waals surface area (Å²) in [5.74, 6) is 1.69. The summed E-state index contributed by atoms with van der Waals surface area (Å²) in [5, 5.41) is 7.43. The second-order valence-corrected chi connectivity index (χ2v) is 3.95. The fourth-order valence-electron chi connectivity index (χ4n) is 1.65. The van der Waals surface area contributed by atoms with Crippen molar-refractivity contribution in [1.82, 2.24) is 20.1 Å². The average molecular weight is 234 g/mol. The molecule has 0 saturated heterocycles. The number of aromatic nitrogens is 3. The third-order valence-electron chi connectivity index (χ3n) is 2.71. The number of nitrogens with zero attached hydrogens (tertiary/aromatic N) is 3. The summed E-state index contributed by atoms with van der Waals surface area (Å²) in [4.78, 5) is 4.19. The van der Waals surface area contributed by atoms with Crippen LogP contribution >= 0.6 is 0 Å². The van der Waals surface area contributed by atoms with Gasteiger partial charge >= 0.3 is 0 Å². The van der Waals surface area contributed by atoms with Crippen LogP contribution in [0.15, 0.2) is 22.9 Å². The largest absolute Gasteiger partial charge is 0.444 e. The maximum atomic E-state index is 5.50. The fraction of sp³-hybridized carbons (Fsp3) is 0.500. The van der Waals surface area contributed by atoms with Gasteiger partial charge in [-0.3, -0.25) is 4.68 Å². The quantitative estimate of drug-likeness (QED) is 0.765. The molecule has 5 heteroatoms. The van der Waals surface area contributed by atoms with Gasteiger partial charge in [0.2, 0.25) is 5.89 Å². The van der Waals surface area contributed by atoms with E-state index in [0.717, 1.165) is 31.0 Å². The first kappa shape index (κ1) is 11.9. The summed E-state index contributed by atoms with van der Waals surface area (Å²) in [7, 11) is 1.96. The van der Waals surface area contributed by atoms with Crippen LogP contribution in [-0.2, 0) is 26.4 Å². The highest BCUT2D eigenvalue weighted by atomic mass is 16.4. The van der Waals surface area contributed by atoms with E-state index >= 15 is 0 Å². The molecule has 5 nitrogen and oxygen atoms in total. The Morgan fingerprint density at radius 1 is 1.47 bits per heavy atom. The van der Waals surface area contributed by atoms with E-state index in [1.807, 2.05) is 24.0 Å². The molecule has 0 unspecified atom stereocenters. The molecule has 0 amide bonds. The number of aryl methyl sites for hydroxylation is 2. The third kappa shape index (κ3) is 3.17. The van der Waals surface area contributed by atoms with Crippen molar-refractivity contribution in [2.75, 3.05) is 6.54 Å². The molecule has 0 fully saturated rings. The molecule has 0 aliphatic heterocycles. The second kappa shape index (κ2) is 5.63. The highest BCUT2D eigenvalue weighted by molar-refractivity contribution is 5.00. The normalized spacial score (nSPS) is 10.9. The van der Waals surface area contributed by atoms with Gasteiger partial charge in [0.05, 0.1) is 12.7 Å². The molecule has 0 aliphatic carbocycles. The van der Waals surface area contributed by atoms with Crippen molar-refractivity contribution in [1.29, 1.82) is 0 Å². The Hall–Kier alpha value is -1.62. The van der Waals surface area contributed by atoms with Crippen molar-refractivity contribution >= 4 is 0 Å². The standard InChI is InChI=1S/C12H18N4O/c1-3-11-8-14-12(17-11)9-13-6-4-10-5-7-15-16(10)2/h5,7-8,13H,3-4,6,9H2,1-2H3. The van der Waals surface area contributed by atoms with Crippen LogP contribution in [0.4, 0.5) is 0 Å². The maximum absolute atomic E-state index is 5.50. The van der Waals surface area contributed by atoms with Crippen molar-refractivity contribution in [3.63, 3.8) is 0 Å². The van der Waals surface area contributed by atoms with Crippen LogP contribution in [0.25, 0.3) is 0 Å². The molecule has 2 rings (SSSR count). The number of hydrogen-bond acceptors (Lipinski definition) is 4. The molecule has 0 spiro atoms. The van der Waals surface area contributed by atoms with Crippen LogP contribution in [0.1, 0.15) is 24.3 Å². The summed E-state index contributed by atoms with van der Waals surface area (Å²) in [6.07, 6.45) is 5.45. The summed E-state index contributed by atoms with van der Waals surface area (Å²) < 4.78 is 7.39. The first-order chi connectivity index (χ1) is 8.29. The zero-order valence-electron chi connectivity index (χ0n) is 10.3. The Morgan fingerprint density at radius 3 is 3.00 bits per heavy atom. The van der Waals surface area contributed by atoms with E-state index in [-0.39, 0.29) is 0 Å². The van der Waals surface area contributed by atoms with E-state index in [1.165, 1.54) is 5.69 Å². The van der Waals surface area contributed by atoms with Crippen molar-refractivity contribution in [3.05, 3.63) is 35.8 Å². The van der Waals surface area contributed by atoms with E-state index in [2.05, 4.69) is 22.3 Å². The Balaban J connectivity index is 1.71. The van der Waals surface area contributed by atoms with Crippen LogP contribution in [0.2, 0.25) is 0 Å². The van der Waals surface area contributed by atoms with Crippen LogP contribution < -0.4 is 5.32 Å². The van der Waals surface area contributed by atoms with E-state index in [1.54, 1.807) is 6.20 Å². The molecule has 92 valence electrons. The first-order valence-electron chi connectivity index (χ1n) is 5.90. The number of rotatable bonds is 6. The van der Waals surface area contributed by atoms with E-state index in [0.29, 0.717) is 6.54 Å². The summed E-state index contributed by atoms with van der Waals surface area (Å²) >= 11 is 0. The lowest BCUT2D eigenvalue weighted by molar-refractivity contribution is 0.439. The number of nitrogens with one attached hydrogen (secondary N) is 1. The smallest absolute Gasteiger partial charge is 0.208 e. The number of hydrogen-bond donors (Lipinski definition) is 1. The summed E-state index contributed by atoms with van der Waals surface area (Å²) in [6.45, 7) is 3.63. The Kier molecular flexibility index (Phi) is 3.93. The molecule has 2 aromatic heterocycles. The predicted octanol–water partition coefficient (Wildman–Crippen LogP) is 1.30. The molecule has 0 bridgehead atoms. The highest BCUT2D eigenvalue weighted by Gasteiger charge is 2.02. The molecule has 1 N–H and O–H groups in total. The van der Waals surface area contributed by atoms with Crippen molar-refractivity contribution in [2.24, 2.45) is 7.05 Å². The highest BCUT2D eigenvalue weighted by Crippen LogP contribution is 2.03. The minimum Gasteiger partial charge on any atom is -0.444 e.